The van der Waals surface area contributed by atoms with E-state index in [1.165, 1.54) is 0 Å². The lowest BCUT2D eigenvalue weighted by atomic mass is 10.3. The number of hydrogen-bond donors (Lipinski definition) is 3. The van der Waals surface area contributed by atoms with Gasteiger partial charge in [-0.1, -0.05) is 41.5 Å². The molecule has 2 rings (SSSR count). The molecule has 40 heavy (non-hydrogen) atoms. The molecular formula is C25H35F3N4O6SSi. The standard InChI is InChI=1S/C25H35F3N4O6SSi/c1-14(2)40(15(3)4,16(5)6)38-17(7)23(33)31-32-24(34)22-21(29)12-20(13-30-22)39(35,36)19-10-8-18(9-11-19)37-25(26,27)28/h8-17H,29H2,1-7H3,(H,31,33)(H,32,34). The van der Waals surface area contributed by atoms with E-state index in [0.29, 0.717) is 0 Å². The molecule has 4 N–H and O–H groups in total. The number of sulfone groups is 1. The molecule has 2 aromatic rings. The van der Waals surface area contributed by atoms with E-state index in [9.17, 15) is 31.2 Å². The van der Waals surface area contributed by atoms with E-state index < -0.39 is 53.1 Å². The SMILES string of the molecule is CC(O[Si](C(C)C)(C(C)C)C(C)C)C(=O)NNC(=O)c1ncc(S(=O)(=O)c2ccc(OC(F)(F)F)cc2)cc1N. The molecule has 15 heteroatoms. The van der Waals surface area contributed by atoms with Crippen LogP contribution in [-0.2, 0) is 19.1 Å². The number of halogens is 3. The number of nitrogens with zero attached hydrogens (tertiary/aromatic N) is 1. The topological polar surface area (TPSA) is 150 Å². The molecule has 0 spiro atoms. The van der Waals surface area contributed by atoms with Gasteiger partial charge >= 0.3 is 6.36 Å². The fourth-order valence-corrected chi connectivity index (χ4v) is 11.6. The van der Waals surface area contributed by atoms with Gasteiger partial charge in [-0.05, 0) is 53.9 Å². The highest BCUT2D eigenvalue weighted by Gasteiger charge is 2.47. The third-order valence-corrected chi connectivity index (χ3v) is 14.5. The van der Waals surface area contributed by atoms with Crippen LogP contribution in [0.25, 0.3) is 0 Å². The molecule has 0 radical (unpaired) electrons. The van der Waals surface area contributed by atoms with Gasteiger partial charge in [0, 0.05) is 6.20 Å². The molecule has 0 fully saturated rings. The predicted octanol–water partition coefficient (Wildman–Crippen LogP) is 4.74. The van der Waals surface area contributed by atoms with Crippen LogP contribution in [0.5, 0.6) is 5.75 Å². The van der Waals surface area contributed by atoms with Crippen LogP contribution in [-0.4, -0.2) is 46.0 Å². The van der Waals surface area contributed by atoms with Crippen molar-refractivity contribution in [3.8, 4) is 5.75 Å². The van der Waals surface area contributed by atoms with Crippen molar-refractivity contribution in [1.29, 1.82) is 0 Å². The first kappa shape index (κ1) is 33.0. The van der Waals surface area contributed by atoms with E-state index in [2.05, 4.69) is 62.1 Å². The Morgan fingerprint density at radius 3 is 1.90 bits per heavy atom. The summed E-state index contributed by atoms with van der Waals surface area (Å²) < 4.78 is 73.0. The molecule has 1 aromatic carbocycles. The van der Waals surface area contributed by atoms with Crippen LogP contribution in [0.15, 0.2) is 46.3 Å². The molecule has 0 aliphatic rings. The number of aromatic nitrogens is 1. The Balaban J connectivity index is 2.13. The van der Waals surface area contributed by atoms with E-state index in [4.69, 9.17) is 10.2 Å². The molecule has 10 nitrogen and oxygen atoms in total. The molecule has 222 valence electrons. The number of pyridine rings is 1. The van der Waals surface area contributed by atoms with Crippen molar-refractivity contribution in [1.82, 2.24) is 15.8 Å². The fraction of sp³-hybridized carbons (Fsp3) is 0.480. The molecule has 0 bridgehead atoms. The second-order valence-electron chi connectivity index (χ2n) is 10.2. The molecule has 0 aliphatic carbocycles. The molecule has 2 amide bonds. The van der Waals surface area contributed by atoms with Crippen molar-refractivity contribution in [3.05, 3.63) is 42.2 Å². The minimum absolute atomic E-state index is 0.238. The maximum atomic E-state index is 12.9. The van der Waals surface area contributed by atoms with Gasteiger partial charge in [-0.15, -0.1) is 13.2 Å². The summed E-state index contributed by atoms with van der Waals surface area (Å²) in [5, 5.41) is 0. The van der Waals surface area contributed by atoms with Crippen molar-refractivity contribution in [2.24, 2.45) is 0 Å². The highest BCUT2D eigenvalue weighted by atomic mass is 32.2. The maximum absolute atomic E-state index is 12.9. The van der Waals surface area contributed by atoms with Gasteiger partial charge in [-0.3, -0.25) is 20.4 Å². The number of hydrogen-bond acceptors (Lipinski definition) is 8. The number of alkyl halides is 3. The number of ether oxygens (including phenoxy) is 1. The van der Waals surface area contributed by atoms with Crippen molar-refractivity contribution in [2.45, 2.75) is 87.3 Å². The number of benzene rings is 1. The third-order valence-electron chi connectivity index (χ3n) is 6.54. The predicted molar refractivity (Wildman–Crippen MR) is 144 cm³/mol. The summed E-state index contributed by atoms with van der Waals surface area (Å²) in [6.07, 6.45) is -4.91. The molecular weight excluding hydrogens is 569 g/mol. The first-order valence-corrected chi connectivity index (χ1v) is 16.1. The summed E-state index contributed by atoms with van der Waals surface area (Å²) in [5.74, 6) is -2.07. The van der Waals surface area contributed by atoms with E-state index in [1.54, 1.807) is 6.92 Å². The monoisotopic (exact) mass is 604 g/mol. The molecule has 1 unspecified atom stereocenters. The molecule has 0 saturated carbocycles. The minimum Gasteiger partial charge on any atom is -0.406 e. The molecule has 0 saturated heterocycles. The molecule has 0 aliphatic heterocycles. The van der Waals surface area contributed by atoms with Gasteiger partial charge in [0.2, 0.25) is 18.2 Å². The second kappa shape index (κ2) is 12.6. The molecule has 1 aromatic heterocycles. The van der Waals surface area contributed by atoms with Crippen LogP contribution in [0, 0.1) is 0 Å². The third kappa shape index (κ3) is 7.51. The number of nitrogen functional groups attached to an aromatic ring is 1. The van der Waals surface area contributed by atoms with E-state index in [1.807, 2.05) is 0 Å². The molecule has 1 heterocycles. The minimum atomic E-state index is -4.93. The number of anilines is 1. The van der Waals surface area contributed by atoms with Crippen LogP contribution < -0.4 is 21.3 Å². The highest BCUT2D eigenvalue weighted by Crippen LogP contribution is 2.43. The highest BCUT2D eigenvalue weighted by molar-refractivity contribution is 7.91. The van der Waals surface area contributed by atoms with E-state index >= 15 is 0 Å². The second-order valence-corrected chi connectivity index (χ2v) is 17.5. The number of amides is 2. The van der Waals surface area contributed by atoms with Gasteiger partial charge < -0.3 is 14.9 Å². The van der Waals surface area contributed by atoms with Gasteiger partial charge in [0.05, 0.1) is 15.5 Å². The number of nitrogens with one attached hydrogen (secondary N) is 2. The Hall–Kier alpha value is -3.17. The fourth-order valence-electron chi connectivity index (χ4n) is 4.80. The van der Waals surface area contributed by atoms with Gasteiger partial charge in [-0.25, -0.2) is 13.4 Å². The van der Waals surface area contributed by atoms with Crippen LogP contribution in [0.2, 0.25) is 16.6 Å². The number of hydrazine groups is 1. The summed E-state index contributed by atoms with van der Waals surface area (Å²) in [6.45, 7) is 14.1. The van der Waals surface area contributed by atoms with Crippen molar-refractivity contribution >= 4 is 35.7 Å². The lowest BCUT2D eigenvalue weighted by molar-refractivity contribution is -0.274. The summed E-state index contributed by atoms with van der Waals surface area (Å²) in [4.78, 5) is 28.4. The van der Waals surface area contributed by atoms with Crippen LogP contribution >= 0.6 is 0 Å². The smallest absolute Gasteiger partial charge is 0.406 e. The lowest BCUT2D eigenvalue weighted by Gasteiger charge is -2.43. The van der Waals surface area contributed by atoms with Crippen molar-refractivity contribution in [2.75, 3.05) is 5.73 Å². The quantitative estimate of drug-likeness (QED) is 0.260. The van der Waals surface area contributed by atoms with Crippen LogP contribution in [0.3, 0.4) is 0 Å². The Kier molecular flexibility index (Phi) is 10.4. The first-order chi connectivity index (χ1) is 18.3. The lowest BCUT2D eigenvalue weighted by Crippen LogP contribution is -2.54. The van der Waals surface area contributed by atoms with Gasteiger partial charge in [0.25, 0.3) is 11.8 Å². The number of rotatable bonds is 10. The van der Waals surface area contributed by atoms with E-state index in [0.717, 1.165) is 36.5 Å². The maximum Gasteiger partial charge on any atom is 0.573 e. The first-order valence-electron chi connectivity index (χ1n) is 12.5. The Bertz CT molecular complexity index is 1300. The van der Waals surface area contributed by atoms with Gasteiger partial charge in [-0.2, -0.15) is 0 Å². The Morgan fingerprint density at radius 1 is 0.925 bits per heavy atom. The summed E-state index contributed by atoms with van der Waals surface area (Å²) in [6, 6.07) is 4.55. The number of carbonyl (C=O) groups excluding carboxylic acids is 2. The zero-order chi connectivity index (χ0) is 30.6. The summed E-state index contributed by atoms with van der Waals surface area (Å²) in [7, 11) is -6.60. The van der Waals surface area contributed by atoms with Crippen LogP contribution in [0.1, 0.15) is 59.0 Å². The average molecular weight is 605 g/mol. The number of carbonyl (C=O) groups is 2. The van der Waals surface area contributed by atoms with E-state index in [-0.39, 0.29) is 32.9 Å². The zero-order valence-corrected chi connectivity index (χ0v) is 25.1. The van der Waals surface area contributed by atoms with Gasteiger partial charge in [0.15, 0.2) is 5.69 Å². The number of nitrogens with two attached hydrogens (primary N) is 1. The van der Waals surface area contributed by atoms with Crippen LogP contribution in [0.4, 0.5) is 18.9 Å². The molecule has 1 atom stereocenters. The van der Waals surface area contributed by atoms with Crippen molar-refractivity contribution in [3.63, 3.8) is 0 Å². The zero-order valence-electron chi connectivity index (χ0n) is 23.3. The van der Waals surface area contributed by atoms with Gasteiger partial charge in [0.1, 0.15) is 11.9 Å². The Labute approximate surface area is 232 Å². The van der Waals surface area contributed by atoms with Crippen molar-refractivity contribution < 1.29 is 40.3 Å². The normalized spacial score (nSPS) is 13.4. The average Bonchev–Trinajstić information content (AvgIpc) is 2.83. The largest absolute Gasteiger partial charge is 0.573 e. The summed E-state index contributed by atoms with van der Waals surface area (Å²) >= 11 is 0. The summed E-state index contributed by atoms with van der Waals surface area (Å²) in [5.41, 5.74) is 10.4. The Morgan fingerprint density at radius 2 is 1.45 bits per heavy atom.